The van der Waals surface area contributed by atoms with Crippen LogP contribution in [0.2, 0.25) is 0 Å². The van der Waals surface area contributed by atoms with Gasteiger partial charge in [0.05, 0.1) is 0 Å². The van der Waals surface area contributed by atoms with Gasteiger partial charge in [-0.05, 0) is 25.8 Å². The van der Waals surface area contributed by atoms with Gasteiger partial charge in [-0.2, -0.15) is 0 Å². The Hall–Kier alpha value is -0.120. The van der Waals surface area contributed by atoms with Crippen LogP contribution in [0.4, 0.5) is 0 Å². The molecule has 92 valence electrons. The number of hydrogen-bond donors (Lipinski definition) is 1. The molecule has 3 nitrogen and oxygen atoms in total. The van der Waals surface area contributed by atoms with Crippen molar-refractivity contribution in [1.29, 1.82) is 0 Å². The molecule has 0 bridgehead atoms. The van der Waals surface area contributed by atoms with E-state index in [1.54, 1.807) is 0 Å². The minimum absolute atomic E-state index is 0.664. The maximum atomic E-state index is 5.60. The van der Waals surface area contributed by atoms with Gasteiger partial charge in [-0.3, -0.25) is 4.90 Å². The molecule has 16 heavy (non-hydrogen) atoms. The standard InChI is InChI=1S/C13H25N3/c14-6-8-15-9-13(10-15)5-7-16(11-13)12-3-1-2-4-12/h12H,1-11,14H2. The van der Waals surface area contributed by atoms with Gasteiger partial charge in [-0.25, -0.2) is 0 Å². The summed E-state index contributed by atoms with van der Waals surface area (Å²) in [6, 6.07) is 0.933. The van der Waals surface area contributed by atoms with Crippen molar-refractivity contribution in [3.05, 3.63) is 0 Å². The molecule has 0 amide bonds. The molecule has 0 aromatic carbocycles. The number of likely N-dealkylation sites (tertiary alicyclic amines) is 2. The zero-order chi connectivity index (χ0) is 11.0. The fourth-order valence-electron chi connectivity index (χ4n) is 4.05. The molecule has 0 atom stereocenters. The molecule has 0 radical (unpaired) electrons. The Balaban J connectivity index is 1.50. The van der Waals surface area contributed by atoms with Crippen LogP contribution >= 0.6 is 0 Å². The lowest BCUT2D eigenvalue weighted by Gasteiger charge is -2.48. The highest BCUT2D eigenvalue weighted by Crippen LogP contribution is 2.41. The van der Waals surface area contributed by atoms with Gasteiger partial charge >= 0.3 is 0 Å². The van der Waals surface area contributed by atoms with Gasteiger partial charge in [0.25, 0.3) is 0 Å². The molecule has 1 spiro atoms. The van der Waals surface area contributed by atoms with Crippen molar-refractivity contribution < 1.29 is 0 Å². The first-order valence-corrected chi connectivity index (χ1v) is 6.98. The molecule has 2 aliphatic heterocycles. The SMILES string of the molecule is NCCN1CC2(CCN(C3CCCC3)C2)C1. The first-order chi connectivity index (χ1) is 7.81. The van der Waals surface area contributed by atoms with Crippen LogP contribution in [0.15, 0.2) is 0 Å². The Labute approximate surface area is 99.0 Å². The second kappa shape index (κ2) is 4.28. The molecule has 3 rings (SSSR count). The van der Waals surface area contributed by atoms with E-state index in [4.69, 9.17) is 5.73 Å². The summed E-state index contributed by atoms with van der Waals surface area (Å²) in [5.41, 5.74) is 6.27. The van der Waals surface area contributed by atoms with Crippen LogP contribution in [-0.4, -0.2) is 55.1 Å². The third-order valence-electron chi connectivity index (χ3n) is 4.87. The second-order valence-corrected chi connectivity index (χ2v) is 6.16. The number of nitrogens with zero attached hydrogens (tertiary/aromatic N) is 2. The van der Waals surface area contributed by atoms with Crippen LogP contribution in [0, 0.1) is 5.41 Å². The molecular weight excluding hydrogens is 198 g/mol. The molecule has 3 fully saturated rings. The molecule has 0 unspecified atom stereocenters. The van der Waals surface area contributed by atoms with Gasteiger partial charge < -0.3 is 10.6 Å². The smallest absolute Gasteiger partial charge is 0.0105 e. The van der Waals surface area contributed by atoms with E-state index in [-0.39, 0.29) is 0 Å². The third-order valence-corrected chi connectivity index (χ3v) is 4.87. The molecule has 1 aliphatic carbocycles. The van der Waals surface area contributed by atoms with Gasteiger partial charge in [-0.15, -0.1) is 0 Å². The normalized spacial score (nSPS) is 31.3. The van der Waals surface area contributed by atoms with E-state index < -0.39 is 0 Å². The first-order valence-electron chi connectivity index (χ1n) is 6.98. The van der Waals surface area contributed by atoms with Crippen LogP contribution in [0.3, 0.4) is 0 Å². The Morgan fingerprint density at radius 3 is 2.56 bits per heavy atom. The minimum atomic E-state index is 0.664. The van der Waals surface area contributed by atoms with Gasteiger partial charge in [0.1, 0.15) is 0 Å². The lowest BCUT2D eigenvalue weighted by molar-refractivity contribution is 0.00792. The summed E-state index contributed by atoms with van der Waals surface area (Å²) in [6.07, 6.45) is 7.29. The van der Waals surface area contributed by atoms with E-state index in [0.29, 0.717) is 5.41 Å². The highest BCUT2D eigenvalue weighted by atomic mass is 15.3. The summed E-state index contributed by atoms with van der Waals surface area (Å²) in [6.45, 7) is 7.29. The average molecular weight is 223 g/mol. The Kier molecular flexibility index (Phi) is 2.94. The predicted molar refractivity (Wildman–Crippen MR) is 66.4 cm³/mol. The number of rotatable bonds is 3. The summed E-state index contributed by atoms with van der Waals surface area (Å²) >= 11 is 0. The Morgan fingerprint density at radius 1 is 1.12 bits per heavy atom. The summed E-state index contributed by atoms with van der Waals surface area (Å²) in [4.78, 5) is 5.31. The Morgan fingerprint density at radius 2 is 1.88 bits per heavy atom. The fraction of sp³-hybridized carbons (Fsp3) is 1.00. The third kappa shape index (κ3) is 1.89. The van der Waals surface area contributed by atoms with Gasteiger partial charge in [0, 0.05) is 44.2 Å². The molecule has 0 aromatic rings. The predicted octanol–water partition coefficient (Wildman–Crippen LogP) is 0.895. The largest absolute Gasteiger partial charge is 0.329 e. The highest BCUT2D eigenvalue weighted by Gasteiger charge is 2.48. The summed E-state index contributed by atoms with van der Waals surface area (Å²) < 4.78 is 0. The van der Waals surface area contributed by atoms with E-state index in [1.165, 1.54) is 58.3 Å². The summed E-state index contributed by atoms with van der Waals surface area (Å²) in [5.74, 6) is 0. The highest BCUT2D eigenvalue weighted by molar-refractivity contribution is 5.02. The Bertz CT molecular complexity index is 242. The summed E-state index contributed by atoms with van der Waals surface area (Å²) in [7, 11) is 0. The van der Waals surface area contributed by atoms with Crippen LogP contribution in [0.5, 0.6) is 0 Å². The molecule has 1 saturated carbocycles. The van der Waals surface area contributed by atoms with Crippen molar-refractivity contribution in [3.63, 3.8) is 0 Å². The quantitative estimate of drug-likeness (QED) is 0.771. The maximum absolute atomic E-state index is 5.60. The number of nitrogens with two attached hydrogens (primary N) is 1. The molecule has 3 aliphatic rings. The van der Waals surface area contributed by atoms with Gasteiger partial charge in [-0.1, -0.05) is 12.8 Å². The van der Waals surface area contributed by atoms with Crippen molar-refractivity contribution in [1.82, 2.24) is 9.80 Å². The van der Waals surface area contributed by atoms with Crippen molar-refractivity contribution in [2.24, 2.45) is 11.1 Å². The van der Waals surface area contributed by atoms with Crippen LogP contribution in [0.1, 0.15) is 32.1 Å². The lowest BCUT2D eigenvalue weighted by Crippen LogP contribution is -2.58. The van der Waals surface area contributed by atoms with Crippen LogP contribution in [0.25, 0.3) is 0 Å². The second-order valence-electron chi connectivity index (χ2n) is 6.16. The van der Waals surface area contributed by atoms with Crippen molar-refractivity contribution in [3.8, 4) is 0 Å². The molecule has 3 heteroatoms. The van der Waals surface area contributed by atoms with Crippen molar-refractivity contribution in [2.75, 3.05) is 39.3 Å². The first kappa shape index (κ1) is 11.0. The van der Waals surface area contributed by atoms with E-state index in [0.717, 1.165) is 19.1 Å². The van der Waals surface area contributed by atoms with Gasteiger partial charge in [0.2, 0.25) is 0 Å². The fourth-order valence-corrected chi connectivity index (χ4v) is 4.05. The maximum Gasteiger partial charge on any atom is 0.0105 e. The minimum Gasteiger partial charge on any atom is -0.329 e. The average Bonchev–Trinajstić information content (AvgIpc) is 2.84. The molecular formula is C13H25N3. The van der Waals surface area contributed by atoms with E-state index in [2.05, 4.69) is 9.80 Å². The zero-order valence-corrected chi connectivity index (χ0v) is 10.3. The number of hydrogen-bond acceptors (Lipinski definition) is 3. The molecule has 0 aromatic heterocycles. The topological polar surface area (TPSA) is 32.5 Å². The van der Waals surface area contributed by atoms with Crippen molar-refractivity contribution >= 4 is 0 Å². The lowest BCUT2D eigenvalue weighted by atomic mass is 9.79. The van der Waals surface area contributed by atoms with E-state index >= 15 is 0 Å². The molecule has 2 N–H and O–H groups in total. The molecule has 2 heterocycles. The van der Waals surface area contributed by atoms with Gasteiger partial charge in [0.15, 0.2) is 0 Å². The zero-order valence-electron chi connectivity index (χ0n) is 10.3. The monoisotopic (exact) mass is 223 g/mol. The van der Waals surface area contributed by atoms with E-state index in [9.17, 15) is 0 Å². The van der Waals surface area contributed by atoms with Crippen molar-refractivity contribution in [2.45, 2.75) is 38.1 Å². The van der Waals surface area contributed by atoms with Crippen LogP contribution < -0.4 is 5.73 Å². The molecule has 2 saturated heterocycles. The summed E-state index contributed by atoms with van der Waals surface area (Å²) in [5, 5.41) is 0. The van der Waals surface area contributed by atoms with Crippen LogP contribution in [-0.2, 0) is 0 Å². The van der Waals surface area contributed by atoms with E-state index in [1.807, 2.05) is 0 Å².